The number of carbonyl (C=O) groups is 1. The molecule has 0 radical (unpaired) electrons. The number of hydrogen-bond acceptors (Lipinski definition) is 15. The van der Waals surface area contributed by atoms with Gasteiger partial charge in [0.05, 0.1) is 30.8 Å². The Hall–Kier alpha value is -1.35. The fourth-order valence-electron chi connectivity index (χ4n) is 14.4. The third-order valence-electron chi connectivity index (χ3n) is 18.6. The summed E-state index contributed by atoms with van der Waals surface area (Å²) in [4.78, 5) is 13.1. The average molecular weight is 883 g/mol. The minimum absolute atomic E-state index is 0.0272. The molecule has 16 nitrogen and oxygen atoms in total. The fourth-order valence-corrected chi connectivity index (χ4v) is 14.4. The van der Waals surface area contributed by atoms with Crippen LogP contribution in [0.25, 0.3) is 0 Å². The summed E-state index contributed by atoms with van der Waals surface area (Å²) < 4.78 is 36.1. The van der Waals surface area contributed by atoms with E-state index in [1.54, 1.807) is 0 Å². The van der Waals surface area contributed by atoms with Crippen LogP contribution in [0.3, 0.4) is 0 Å². The van der Waals surface area contributed by atoms with E-state index in [-0.39, 0.29) is 52.1 Å². The van der Waals surface area contributed by atoms with Crippen LogP contribution < -0.4 is 0 Å². The van der Waals surface area contributed by atoms with Crippen molar-refractivity contribution in [3.8, 4) is 0 Å². The molecule has 0 amide bonds. The Kier molecular flexibility index (Phi) is 12.7. The van der Waals surface area contributed by atoms with E-state index in [1.165, 1.54) is 12.5 Å². The molecule has 3 heterocycles. The molecular weight excluding hydrogens is 808 g/mol. The maximum Gasteiger partial charge on any atom is 0.310 e. The standard InChI is InChI=1S/C46H74O16/c1-21-23-10-13-45(7)29(9-8-24-25-18-42(3,4)14-16-46(25,41(55)56)17-15-44(24,45)6)43(23,5)12-11-26(21)59-40-37(62-36-30(48)22(2)58-38(54)35(36)53)32(50)28(20-57-40)61-39-34(52)33(51)31(49)27(19-47)60-39/h8,21-23,25-40,47-54H,9-20H2,1-7H3,(H,55,56). The fraction of sp³-hybridized carbons (Fsp3) is 0.935. The lowest BCUT2D eigenvalue weighted by molar-refractivity contribution is -0.367. The summed E-state index contributed by atoms with van der Waals surface area (Å²) in [6, 6.07) is 0. The van der Waals surface area contributed by atoms with Crippen LogP contribution in [0.4, 0.5) is 0 Å². The Labute approximate surface area is 364 Å². The highest BCUT2D eigenvalue weighted by molar-refractivity contribution is 5.76. The topological polar surface area (TPSA) is 255 Å². The summed E-state index contributed by atoms with van der Waals surface area (Å²) in [6.07, 6.45) is -9.94. The number of aliphatic hydroxyl groups is 8. The van der Waals surface area contributed by atoms with Crippen molar-refractivity contribution in [2.24, 2.45) is 50.7 Å². The van der Waals surface area contributed by atoms with E-state index >= 15 is 0 Å². The predicted molar refractivity (Wildman–Crippen MR) is 219 cm³/mol. The van der Waals surface area contributed by atoms with Gasteiger partial charge in [-0.25, -0.2) is 0 Å². The van der Waals surface area contributed by atoms with Gasteiger partial charge in [0.1, 0.15) is 61.0 Å². The molecule has 0 aromatic carbocycles. The van der Waals surface area contributed by atoms with Crippen LogP contribution in [-0.4, -0.2) is 157 Å². The lowest BCUT2D eigenvalue weighted by Crippen LogP contribution is -2.65. The molecule has 3 aliphatic heterocycles. The summed E-state index contributed by atoms with van der Waals surface area (Å²) >= 11 is 0. The van der Waals surface area contributed by atoms with Crippen molar-refractivity contribution in [1.29, 1.82) is 0 Å². The van der Waals surface area contributed by atoms with Crippen LogP contribution in [0.15, 0.2) is 11.6 Å². The zero-order valence-electron chi connectivity index (χ0n) is 37.4. The number of aliphatic carboxylic acids is 1. The van der Waals surface area contributed by atoms with Crippen LogP contribution in [0.5, 0.6) is 0 Å². The van der Waals surface area contributed by atoms with Gasteiger partial charge in [-0.2, -0.15) is 0 Å². The molecule has 7 fully saturated rings. The predicted octanol–water partition coefficient (Wildman–Crippen LogP) is 1.98. The molecule has 8 rings (SSSR count). The second-order valence-electron chi connectivity index (χ2n) is 22.1. The van der Waals surface area contributed by atoms with Crippen LogP contribution >= 0.6 is 0 Å². The van der Waals surface area contributed by atoms with Gasteiger partial charge in [0.2, 0.25) is 0 Å². The van der Waals surface area contributed by atoms with Gasteiger partial charge in [-0.1, -0.05) is 53.2 Å². The normalized spacial score (nSPS) is 55.1. The molecule has 23 unspecified atom stereocenters. The van der Waals surface area contributed by atoms with Gasteiger partial charge in [-0.3, -0.25) is 4.79 Å². The van der Waals surface area contributed by atoms with E-state index in [2.05, 4.69) is 47.6 Å². The van der Waals surface area contributed by atoms with E-state index < -0.39 is 104 Å². The Morgan fingerprint density at radius 3 is 2.13 bits per heavy atom. The maximum atomic E-state index is 13.1. The molecule has 0 aromatic heterocycles. The second kappa shape index (κ2) is 16.8. The lowest BCUT2D eigenvalue weighted by Gasteiger charge is -2.70. The monoisotopic (exact) mass is 882 g/mol. The van der Waals surface area contributed by atoms with Crippen molar-refractivity contribution < 1.29 is 79.2 Å². The van der Waals surface area contributed by atoms with Crippen molar-refractivity contribution in [2.75, 3.05) is 13.2 Å². The molecule has 16 heteroatoms. The van der Waals surface area contributed by atoms with E-state index in [9.17, 15) is 50.8 Å². The van der Waals surface area contributed by atoms with Crippen molar-refractivity contribution in [3.63, 3.8) is 0 Å². The number of carboxylic acid groups (broad SMARTS) is 1. The SMILES string of the molecule is CC1OC(O)C(O)C(OC2C(OC3CCC4(C)C(CCC5(C)C4CC=C4C6CC(C)(C)CCC6(C(=O)O)CCC45C)C3C)OCC(OC3OC(CO)C(O)C(O)C3O)C2O)C1O. The third kappa shape index (κ3) is 7.37. The van der Waals surface area contributed by atoms with Gasteiger partial charge < -0.3 is 74.4 Å². The third-order valence-corrected chi connectivity index (χ3v) is 18.6. The van der Waals surface area contributed by atoms with Crippen LogP contribution in [0.2, 0.25) is 0 Å². The highest BCUT2D eigenvalue weighted by Crippen LogP contribution is 2.75. The molecule has 8 aliphatic rings. The summed E-state index contributed by atoms with van der Waals surface area (Å²) in [7, 11) is 0. The van der Waals surface area contributed by atoms with Gasteiger partial charge in [0, 0.05) is 0 Å². The number of allylic oxidation sites excluding steroid dienone is 2. The van der Waals surface area contributed by atoms with E-state index in [4.69, 9.17) is 28.4 Å². The highest BCUT2D eigenvalue weighted by atomic mass is 16.7. The molecule has 5 aliphatic carbocycles. The van der Waals surface area contributed by atoms with Crippen LogP contribution in [0.1, 0.15) is 113 Å². The van der Waals surface area contributed by atoms with E-state index in [0.717, 1.165) is 51.4 Å². The summed E-state index contributed by atoms with van der Waals surface area (Å²) in [5.41, 5.74) is 0.589. The molecule has 0 bridgehead atoms. The first-order valence-electron chi connectivity index (χ1n) is 23.2. The smallest absolute Gasteiger partial charge is 0.310 e. The Morgan fingerprint density at radius 1 is 0.742 bits per heavy atom. The van der Waals surface area contributed by atoms with Crippen molar-refractivity contribution in [2.45, 2.75) is 205 Å². The zero-order valence-corrected chi connectivity index (χ0v) is 37.4. The number of aliphatic hydroxyl groups excluding tert-OH is 8. The van der Waals surface area contributed by atoms with E-state index in [0.29, 0.717) is 18.8 Å². The zero-order chi connectivity index (χ0) is 45.1. The number of carboxylic acids is 1. The Morgan fingerprint density at radius 2 is 1.44 bits per heavy atom. The molecule has 0 aromatic rings. The first-order valence-corrected chi connectivity index (χ1v) is 23.2. The number of rotatable bonds is 8. The Balaban J connectivity index is 1.02. The number of ether oxygens (including phenoxy) is 6. The number of fused-ring (bicyclic) bond motifs is 7. The van der Waals surface area contributed by atoms with Crippen LogP contribution in [0, 0.1) is 50.7 Å². The van der Waals surface area contributed by atoms with Gasteiger partial charge in [0.15, 0.2) is 18.9 Å². The molecule has 4 saturated carbocycles. The number of hydrogen-bond donors (Lipinski definition) is 9. The van der Waals surface area contributed by atoms with Crippen molar-refractivity contribution in [1.82, 2.24) is 0 Å². The van der Waals surface area contributed by atoms with Gasteiger partial charge in [-0.05, 0) is 116 Å². The molecule has 3 saturated heterocycles. The van der Waals surface area contributed by atoms with Gasteiger partial charge >= 0.3 is 5.97 Å². The molecule has 23 atom stereocenters. The lowest BCUT2D eigenvalue weighted by atomic mass is 9.34. The van der Waals surface area contributed by atoms with Crippen LogP contribution in [-0.2, 0) is 33.2 Å². The Bertz CT molecular complexity index is 1660. The minimum atomic E-state index is -1.75. The molecule has 0 spiro atoms. The van der Waals surface area contributed by atoms with E-state index in [1.807, 2.05) is 0 Å². The maximum absolute atomic E-state index is 13.1. The first kappa shape index (κ1) is 47.2. The minimum Gasteiger partial charge on any atom is -0.481 e. The van der Waals surface area contributed by atoms with Crippen molar-refractivity contribution >= 4 is 5.97 Å². The molecule has 354 valence electrons. The van der Waals surface area contributed by atoms with Gasteiger partial charge in [-0.15, -0.1) is 0 Å². The largest absolute Gasteiger partial charge is 0.481 e. The summed E-state index contributed by atoms with van der Waals surface area (Å²) in [5.74, 6) is 0.0915. The average Bonchev–Trinajstić information content (AvgIpc) is 3.21. The second-order valence-corrected chi connectivity index (χ2v) is 22.1. The molecular formula is C46H74O16. The molecule has 62 heavy (non-hydrogen) atoms. The quantitative estimate of drug-likeness (QED) is 0.125. The summed E-state index contributed by atoms with van der Waals surface area (Å²) in [5, 5.41) is 96.3. The van der Waals surface area contributed by atoms with Gasteiger partial charge in [0.25, 0.3) is 0 Å². The highest BCUT2D eigenvalue weighted by Gasteiger charge is 2.68. The molecule has 9 N–H and O–H groups in total. The van der Waals surface area contributed by atoms with Crippen molar-refractivity contribution in [3.05, 3.63) is 11.6 Å². The first-order chi connectivity index (χ1) is 29.0. The summed E-state index contributed by atoms with van der Waals surface area (Å²) in [6.45, 7) is 14.7.